The Hall–Kier alpha value is -2.59. The number of pyridine rings is 1. The molecular formula is C20H18N2OS. The lowest BCUT2D eigenvalue weighted by molar-refractivity contribution is 0.0947. The number of carbonyl (C=O) groups is 1. The van der Waals surface area contributed by atoms with E-state index < -0.39 is 0 Å². The first-order valence-electron chi connectivity index (χ1n) is 7.74. The summed E-state index contributed by atoms with van der Waals surface area (Å²) in [6.07, 6.45) is 1.71. The summed E-state index contributed by atoms with van der Waals surface area (Å²) in [7, 11) is 0. The summed E-state index contributed by atoms with van der Waals surface area (Å²) in [4.78, 5) is 18.0. The van der Waals surface area contributed by atoms with Gasteiger partial charge in [-0.15, -0.1) is 0 Å². The first kappa shape index (κ1) is 16.3. The molecule has 3 nitrogen and oxygen atoms in total. The molecule has 0 saturated heterocycles. The van der Waals surface area contributed by atoms with Gasteiger partial charge in [0.25, 0.3) is 5.91 Å². The quantitative estimate of drug-likeness (QED) is 0.748. The smallest absolute Gasteiger partial charge is 0.254 e. The van der Waals surface area contributed by atoms with Crippen molar-refractivity contribution in [3.63, 3.8) is 0 Å². The molecule has 1 N–H and O–H groups in total. The lowest BCUT2D eigenvalue weighted by atomic mass is 10.1. The zero-order valence-electron chi connectivity index (χ0n) is 13.4. The third kappa shape index (κ3) is 4.03. The van der Waals surface area contributed by atoms with E-state index in [-0.39, 0.29) is 5.91 Å². The molecule has 120 valence electrons. The van der Waals surface area contributed by atoms with Crippen LogP contribution in [-0.4, -0.2) is 10.9 Å². The van der Waals surface area contributed by atoms with Gasteiger partial charge in [-0.1, -0.05) is 54.2 Å². The number of aromatic nitrogens is 1. The molecule has 24 heavy (non-hydrogen) atoms. The van der Waals surface area contributed by atoms with Crippen molar-refractivity contribution in [1.82, 2.24) is 10.3 Å². The second-order valence-electron chi connectivity index (χ2n) is 5.38. The highest BCUT2D eigenvalue weighted by Crippen LogP contribution is 2.28. The van der Waals surface area contributed by atoms with Gasteiger partial charge in [0, 0.05) is 17.6 Å². The van der Waals surface area contributed by atoms with Gasteiger partial charge in [-0.25, -0.2) is 4.98 Å². The minimum absolute atomic E-state index is 0.107. The molecule has 1 heterocycles. The predicted octanol–water partition coefficient (Wildman–Crippen LogP) is 4.47. The zero-order valence-corrected chi connectivity index (χ0v) is 14.2. The Morgan fingerprint density at radius 3 is 2.54 bits per heavy atom. The van der Waals surface area contributed by atoms with Crippen molar-refractivity contribution >= 4 is 17.7 Å². The van der Waals surface area contributed by atoms with Crippen LogP contribution in [0.3, 0.4) is 0 Å². The van der Waals surface area contributed by atoms with Crippen molar-refractivity contribution in [2.75, 3.05) is 0 Å². The fourth-order valence-corrected chi connectivity index (χ4v) is 3.23. The van der Waals surface area contributed by atoms with Crippen LogP contribution in [0.5, 0.6) is 0 Å². The molecular weight excluding hydrogens is 316 g/mol. The molecule has 0 aliphatic carbocycles. The molecule has 0 aliphatic heterocycles. The van der Waals surface area contributed by atoms with E-state index in [0.29, 0.717) is 17.1 Å². The van der Waals surface area contributed by atoms with Crippen LogP contribution in [-0.2, 0) is 6.54 Å². The molecule has 3 aromatic rings. The van der Waals surface area contributed by atoms with Crippen molar-refractivity contribution in [3.05, 3.63) is 89.6 Å². The Balaban J connectivity index is 1.74. The van der Waals surface area contributed by atoms with Gasteiger partial charge in [0.15, 0.2) is 0 Å². The van der Waals surface area contributed by atoms with Crippen LogP contribution in [0.1, 0.15) is 21.5 Å². The number of hydrogen-bond donors (Lipinski definition) is 1. The molecule has 0 atom stereocenters. The molecule has 0 unspecified atom stereocenters. The van der Waals surface area contributed by atoms with E-state index in [1.807, 2.05) is 67.6 Å². The number of rotatable bonds is 5. The van der Waals surface area contributed by atoms with Gasteiger partial charge < -0.3 is 5.32 Å². The fourth-order valence-electron chi connectivity index (χ4n) is 2.32. The molecule has 1 amide bonds. The molecule has 0 aliphatic rings. The largest absolute Gasteiger partial charge is 0.348 e. The number of hydrogen-bond acceptors (Lipinski definition) is 3. The molecule has 1 aromatic heterocycles. The van der Waals surface area contributed by atoms with Crippen LogP contribution in [0.15, 0.2) is 82.8 Å². The van der Waals surface area contributed by atoms with Crippen LogP contribution in [0, 0.1) is 6.92 Å². The van der Waals surface area contributed by atoms with Gasteiger partial charge in [0.1, 0.15) is 5.03 Å². The van der Waals surface area contributed by atoms with E-state index in [4.69, 9.17) is 0 Å². The maximum atomic E-state index is 12.6. The highest BCUT2D eigenvalue weighted by atomic mass is 32.2. The van der Waals surface area contributed by atoms with Gasteiger partial charge in [-0.2, -0.15) is 0 Å². The average Bonchev–Trinajstić information content (AvgIpc) is 2.62. The Labute approximate surface area is 146 Å². The summed E-state index contributed by atoms with van der Waals surface area (Å²) >= 11 is 1.50. The summed E-state index contributed by atoms with van der Waals surface area (Å²) in [5.41, 5.74) is 2.88. The predicted molar refractivity (Wildman–Crippen MR) is 97.2 cm³/mol. The maximum Gasteiger partial charge on any atom is 0.254 e. The number of nitrogens with zero attached hydrogens (tertiary/aromatic N) is 1. The molecule has 0 spiro atoms. The number of aryl methyl sites for hydroxylation is 1. The molecule has 3 rings (SSSR count). The van der Waals surface area contributed by atoms with Crippen molar-refractivity contribution in [2.24, 2.45) is 0 Å². The van der Waals surface area contributed by atoms with Gasteiger partial charge in [0.2, 0.25) is 0 Å². The standard InChI is InChI=1S/C20H18N2OS/c1-15-8-5-6-9-16(15)14-22-19(23)18-12-7-13-21-20(18)24-17-10-3-2-4-11-17/h2-13H,14H2,1H3,(H,22,23). The van der Waals surface area contributed by atoms with Gasteiger partial charge in [0.05, 0.1) is 5.56 Å². The van der Waals surface area contributed by atoms with Gasteiger partial charge in [-0.05, 0) is 42.3 Å². The van der Waals surface area contributed by atoms with E-state index >= 15 is 0 Å². The highest BCUT2D eigenvalue weighted by Gasteiger charge is 2.13. The van der Waals surface area contributed by atoms with Crippen molar-refractivity contribution in [1.29, 1.82) is 0 Å². The SMILES string of the molecule is Cc1ccccc1CNC(=O)c1cccnc1Sc1ccccc1. The summed E-state index contributed by atoms with van der Waals surface area (Å²) in [6.45, 7) is 2.55. The third-order valence-corrected chi connectivity index (χ3v) is 4.70. The summed E-state index contributed by atoms with van der Waals surface area (Å²) in [5.74, 6) is -0.107. The van der Waals surface area contributed by atoms with E-state index in [1.165, 1.54) is 17.3 Å². The first-order valence-corrected chi connectivity index (χ1v) is 8.56. The fraction of sp³-hybridized carbons (Fsp3) is 0.100. The Bertz CT molecular complexity index is 834. The van der Waals surface area contributed by atoms with Crippen LogP contribution >= 0.6 is 11.8 Å². The minimum Gasteiger partial charge on any atom is -0.348 e. The molecule has 0 saturated carbocycles. The number of carbonyl (C=O) groups excluding carboxylic acids is 1. The molecule has 0 radical (unpaired) electrons. The van der Waals surface area contributed by atoms with E-state index in [1.54, 1.807) is 12.3 Å². The minimum atomic E-state index is -0.107. The Morgan fingerprint density at radius 2 is 1.75 bits per heavy atom. The third-order valence-electron chi connectivity index (χ3n) is 3.67. The van der Waals surface area contributed by atoms with Gasteiger partial charge in [-0.3, -0.25) is 4.79 Å². The monoisotopic (exact) mass is 334 g/mol. The van der Waals surface area contributed by atoms with Crippen LogP contribution in [0.4, 0.5) is 0 Å². The lowest BCUT2D eigenvalue weighted by Gasteiger charge is -2.10. The molecule has 2 aromatic carbocycles. The van der Waals surface area contributed by atoms with Crippen LogP contribution < -0.4 is 5.32 Å². The number of benzene rings is 2. The summed E-state index contributed by atoms with van der Waals surface area (Å²) in [5, 5.41) is 3.70. The summed E-state index contributed by atoms with van der Waals surface area (Å²) < 4.78 is 0. The molecule has 0 bridgehead atoms. The maximum absolute atomic E-state index is 12.6. The number of nitrogens with one attached hydrogen (secondary N) is 1. The van der Waals surface area contributed by atoms with Crippen LogP contribution in [0.25, 0.3) is 0 Å². The van der Waals surface area contributed by atoms with E-state index in [2.05, 4.69) is 10.3 Å². The summed E-state index contributed by atoms with van der Waals surface area (Å²) in [6, 6.07) is 21.6. The van der Waals surface area contributed by atoms with Crippen LogP contribution in [0.2, 0.25) is 0 Å². The number of amides is 1. The normalized spacial score (nSPS) is 10.4. The lowest BCUT2D eigenvalue weighted by Crippen LogP contribution is -2.24. The van der Waals surface area contributed by atoms with Crippen molar-refractivity contribution < 1.29 is 4.79 Å². The molecule has 4 heteroatoms. The topological polar surface area (TPSA) is 42.0 Å². The van der Waals surface area contributed by atoms with Crippen molar-refractivity contribution in [3.8, 4) is 0 Å². The Morgan fingerprint density at radius 1 is 1.00 bits per heavy atom. The van der Waals surface area contributed by atoms with E-state index in [9.17, 15) is 4.79 Å². The first-order chi connectivity index (χ1) is 11.7. The second kappa shape index (κ2) is 7.79. The molecule has 0 fully saturated rings. The van der Waals surface area contributed by atoms with Gasteiger partial charge >= 0.3 is 0 Å². The Kier molecular flexibility index (Phi) is 5.29. The second-order valence-corrected chi connectivity index (χ2v) is 6.44. The van der Waals surface area contributed by atoms with E-state index in [0.717, 1.165) is 10.5 Å². The van der Waals surface area contributed by atoms with Crippen molar-refractivity contribution in [2.45, 2.75) is 23.4 Å². The average molecular weight is 334 g/mol. The zero-order chi connectivity index (χ0) is 16.8. The highest BCUT2D eigenvalue weighted by molar-refractivity contribution is 7.99.